The van der Waals surface area contributed by atoms with Crippen molar-refractivity contribution < 1.29 is 18.7 Å². The third-order valence-electron chi connectivity index (χ3n) is 3.06. The quantitative estimate of drug-likeness (QED) is 0.780. The summed E-state index contributed by atoms with van der Waals surface area (Å²) in [6.45, 7) is 0.507. The normalized spacial score (nSPS) is 22.0. The smallest absolute Gasteiger partial charge is 0.322 e. The molecule has 0 bridgehead atoms. The van der Waals surface area contributed by atoms with Gasteiger partial charge in [-0.25, -0.2) is 4.39 Å². The number of esters is 1. The molecule has 19 heavy (non-hydrogen) atoms. The molecular weight excluding hydrogens is 251 g/mol. The van der Waals surface area contributed by atoms with Crippen LogP contribution in [0.2, 0.25) is 0 Å². The lowest BCUT2D eigenvalue weighted by atomic mass is 10.1. The standard InChI is InChI=1S/C13H15FN2O3/c1-19-13(18)11-6-10(7-15-11)16-12(17)8-2-4-9(14)5-3-8/h2-5,10-11,15H,6-7H2,1H3,(H,16,17)/t10-,11-/m0/s1. The Labute approximate surface area is 110 Å². The second-order valence-electron chi connectivity index (χ2n) is 4.40. The largest absolute Gasteiger partial charge is 0.468 e. The minimum Gasteiger partial charge on any atom is -0.468 e. The van der Waals surface area contributed by atoms with E-state index < -0.39 is 0 Å². The van der Waals surface area contributed by atoms with E-state index in [9.17, 15) is 14.0 Å². The number of benzene rings is 1. The number of amides is 1. The van der Waals surface area contributed by atoms with Gasteiger partial charge in [0.25, 0.3) is 5.91 Å². The zero-order valence-electron chi connectivity index (χ0n) is 10.5. The van der Waals surface area contributed by atoms with Crippen LogP contribution in [0.1, 0.15) is 16.8 Å². The lowest BCUT2D eigenvalue weighted by molar-refractivity contribution is -0.142. The molecule has 2 rings (SSSR count). The molecule has 0 radical (unpaired) electrons. The first-order valence-electron chi connectivity index (χ1n) is 5.98. The summed E-state index contributed by atoms with van der Waals surface area (Å²) in [6, 6.07) is 4.79. The fourth-order valence-corrected chi connectivity index (χ4v) is 2.04. The van der Waals surface area contributed by atoms with Crippen LogP contribution in [0.15, 0.2) is 24.3 Å². The Morgan fingerprint density at radius 1 is 1.37 bits per heavy atom. The van der Waals surface area contributed by atoms with E-state index in [2.05, 4.69) is 15.4 Å². The van der Waals surface area contributed by atoms with Crippen molar-refractivity contribution in [2.45, 2.75) is 18.5 Å². The van der Waals surface area contributed by atoms with Gasteiger partial charge >= 0.3 is 5.97 Å². The van der Waals surface area contributed by atoms with Gasteiger partial charge in [-0.3, -0.25) is 9.59 Å². The predicted octanol–water partition coefficient (Wildman–Crippen LogP) is 0.459. The third kappa shape index (κ3) is 3.29. The summed E-state index contributed by atoms with van der Waals surface area (Å²) >= 11 is 0. The van der Waals surface area contributed by atoms with Crippen LogP contribution in [-0.2, 0) is 9.53 Å². The highest BCUT2D eigenvalue weighted by molar-refractivity contribution is 5.94. The van der Waals surface area contributed by atoms with Gasteiger partial charge in [0.05, 0.1) is 7.11 Å². The van der Waals surface area contributed by atoms with Gasteiger partial charge in [0.15, 0.2) is 0 Å². The zero-order chi connectivity index (χ0) is 13.8. The van der Waals surface area contributed by atoms with Gasteiger partial charge in [-0.15, -0.1) is 0 Å². The summed E-state index contributed by atoms with van der Waals surface area (Å²) in [5, 5.41) is 5.77. The molecule has 2 N–H and O–H groups in total. The van der Waals surface area contributed by atoms with Crippen LogP contribution in [0.3, 0.4) is 0 Å². The Kier molecular flexibility index (Phi) is 4.11. The van der Waals surface area contributed by atoms with E-state index in [0.717, 1.165) is 0 Å². The predicted molar refractivity (Wildman–Crippen MR) is 66.1 cm³/mol. The molecule has 1 fully saturated rings. The number of nitrogens with one attached hydrogen (secondary N) is 2. The third-order valence-corrected chi connectivity index (χ3v) is 3.06. The van der Waals surface area contributed by atoms with Crippen molar-refractivity contribution in [2.24, 2.45) is 0 Å². The van der Waals surface area contributed by atoms with Crippen LogP contribution >= 0.6 is 0 Å². The maximum atomic E-state index is 12.7. The molecular formula is C13H15FN2O3. The number of ether oxygens (including phenoxy) is 1. The molecule has 0 aromatic heterocycles. The molecule has 2 atom stereocenters. The Morgan fingerprint density at radius 3 is 2.68 bits per heavy atom. The summed E-state index contributed by atoms with van der Waals surface area (Å²) in [4.78, 5) is 23.2. The van der Waals surface area contributed by atoms with Crippen LogP contribution in [0.5, 0.6) is 0 Å². The Bertz CT molecular complexity index is 475. The van der Waals surface area contributed by atoms with Crippen molar-refractivity contribution in [3.63, 3.8) is 0 Å². The van der Waals surface area contributed by atoms with E-state index in [1.54, 1.807) is 0 Å². The van der Waals surface area contributed by atoms with E-state index in [1.807, 2.05) is 0 Å². The second-order valence-corrected chi connectivity index (χ2v) is 4.40. The Balaban J connectivity index is 1.90. The minimum atomic E-state index is -0.386. The number of halogens is 1. The molecule has 1 aromatic carbocycles. The molecule has 1 aliphatic heterocycles. The maximum absolute atomic E-state index is 12.7. The van der Waals surface area contributed by atoms with Gasteiger partial charge in [0.1, 0.15) is 11.9 Å². The minimum absolute atomic E-state index is 0.137. The summed E-state index contributed by atoms with van der Waals surface area (Å²) in [6.07, 6.45) is 0.486. The van der Waals surface area contributed by atoms with Gasteiger partial charge in [-0.2, -0.15) is 0 Å². The highest BCUT2D eigenvalue weighted by Crippen LogP contribution is 2.10. The molecule has 1 heterocycles. The topological polar surface area (TPSA) is 67.4 Å². The fraction of sp³-hybridized carbons (Fsp3) is 0.385. The van der Waals surface area contributed by atoms with Crippen LogP contribution in [0.4, 0.5) is 4.39 Å². The Hall–Kier alpha value is -1.95. The van der Waals surface area contributed by atoms with Crippen molar-refractivity contribution in [1.29, 1.82) is 0 Å². The molecule has 0 aliphatic carbocycles. The first-order chi connectivity index (χ1) is 9.10. The number of hydrogen-bond acceptors (Lipinski definition) is 4. The number of rotatable bonds is 3. The molecule has 6 heteroatoms. The van der Waals surface area contributed by atoms with E-state index in [1.165, 1.54) is 31.4 Å². The second kappa shape index (κ2) is 5.79. The molecule has 1 aromatic rings. The molecule has 5 nitrogen and oxygen atoms in total. The average Bonchev–Trinajstić information content (AvgIpc) is 2.87. The molecule has 1 saturated heterocycles. The van der Waals surface area contributed by atoms with Crippen molar-refractivity contribution in [3.8, 4) is 0 Å². The first kappa shape index (κ1) is 13.5. The zero-order valence-corrected chi connectivity index (χ0v) is 10.5. The van der Waals surface area contributed by atoms with Crippen molar-refractivity contribution in [2.75, 3.05) is 13.7 Å². The van der Waals surface area contributed by atoms with E-state index in [0.29, 0.717) is 18.5 Å². The van der Waals surface area contributed by atoms with Gasteiger partial charge in [0, 0.05) is 18.2 Å². The van der Waals surface area contributed by atoms with Crippen molar-refractivity contribution in [1.82, 2.24) is 10.6 Å². The number of carbonyl (C=O) groups is 2. The summed E-state index contributed by atoms with van der Waals surface area (Å²) in [5.41, 5.74) is 0.392. The number of carbonyl (C=O) groups excluding carboxylic acids is 2. The van der Waals surface area contributed by atoms with Crippen LogP contribution in [-0.4, -0.2) is 37.6 Å². The first-order valence-corrected chi connectivity index (χ1v) is 5.98. The van der Waals surface area contributed by atoms with Crippen LogP contribution in [0, 0.1) is 5.82 Å². The summed E-state index contributed by atoms with van der Waals surface area (Å²) in [5.74, 6) is -0.999. The average molecular weight is 266 g/mol. The highest BCUT2D eigenvalue weighted by Gasteiger charge is 2.30. The summed E-state index contributed by atoms with van der Waals surface area (Å²) < 4.78 is 17.4. The van der Waals surface area contributed by atoms with Gasteiger partial charge in [-0.05, 0) is 30.7 Å². The van der Waals surface area contributed by atoms with Crippen LogP contribution < -0.4 is 10.6 Å². The highest BCUT2D eigenvalue weighted by atomic mass is 19.1. The van der Waals surface area contributed by atoms with E-state index in [-0.39, 0.29) is 29.8 Å². The Morgan fingerprint density at radius 2 is 2.05 bits per heavy atom. The lowest BCUT2D eigenvalue weighted by Crippen LogP contribution is -2.36. The molecule has 1 aliphatic rings. The molecule has 0 spiro atoms. The number of hydrogen-bond donors (Lipinski definition) is 2. The monoisotopic (exact) mass is 266 g/mol. The van der Waals surface area contributed by atoms with Crippen molar-refractivity contribution >= 4 is 11.9 Å². The van der Waals surface area contributed by atoms with Gasteiger partial charge in [0.2, 0.25) is 0 Å². The molecule has 1 amide bonds. The molecule has 0 saturated carbocycles. The maximum Gasteiger partial charge on any atom is 0.322 e. The SMILES string of the molecule is COC(=O)[C@@H]1C[C@H](NC(=O)c2ccc(F)cc2)CN1. The van der Waals surface area contributed by atoms with Crippen LogP contribution in [0.25, 0.3) is 0 Å². The molecule has 102 valence electrons. The van der Waals surface area contributed by atoms with Crippen molar-refractivity contribution in [3.05, 3.63) is 35.6 Å². The van der Waals surface area contributed by atoms with E-state index >= 15 is 0 Å². The van der Waals surface area contributed by atoms with Gasteiger partial charge in [-0.1, -0.05) is 0 Å². The fourth-order valence-electron chi connectivity index (χ4n) is 2.04. The van der Waals surface area contributed by atoms with E-state index in [4.69, 9.17) is 0 Å². The summed E-state index contributed by atoms with van der Waals surface area (Å²) in [7, 11) is 1.33. The molecule has 0 unspecified atom stereocenters. The number of methoxy groups -OCH3 is 1. The lowest BCUT2D eigenvalue weighted by Gasteiger charge is -2.11. The van der Waals surface area contributed by atoms with Gasteiger partial charge < -0.3 is 15.4 Å².